The van der Waals surface area contributed by atoms with E-state index in [-0.39, 0.29) is 16.6 Å². The molecule has 9 heteroatoms. The fourth-order valence-corrected chi connectivity index (χ4v) is 5.93. The van der Waals surface area contributed by atoms with Gasteiger partial charge in [0.15, 0.2) is 0 Å². The number of carbonyl (C=O) groups is 1. The number of hydrogen-bond donors (Lipinski definition) is 2. The van der Waals surface area contributed by atoms with Gasteiger partial charge in [-0.25, -0.2) is 8.42 Å². The normalized spacial score (nSPS) is 16.2. The van der Waals surface area contributed by atoms with Crippen LogP contribution in [-0.2, 0) is 14.8 Å². The second-order valence-corrected chi connectivity index (χ2v) is 10.6. The number of aliphatic hydroxyl groups excluding tert-OH is 1. The number of nitrogens with one attached hydrogen (secondary N) is 1. The molecule has 1 aliphatic rings. The maximum Gasteiger partial charge on any atom is 0.243 e. The first-order chi connectivity index (χ1) is 15.4. The summed E-state index contributed by atoms with van der Waals surface area (Å²) in [5.74, 6) is 0.592. The maximum atomic E-state index is 13.1. The summed E-state index contributed by atoms with van der Waals surface area (Å²) < 4.78 is 33.0. The molecular formula is C23H30N2O5S2. The highest BCUT2D eigenvalue weighted by molar-refractivity contribution is 8.00. The van der Waals surface area contributed by atoms with E-state index in [4.69, 9.17) is 4.74 Å². The fourth-order valence-electron chi connectivity index (χ4n) is 3.60. The van der Waals surface area contributed by atoms with E-state index in [1.54, 1.807) is 6.07 Å². The zero-order chi connectivity index (χ0) is 23.0. The van der Waals surface area contributed by atoms with Gasteiger partial charge in [0.1, 0.15) is 5.75 Å². The van der Waals surface area contributed by atoms with Gasteiger partial charge in [-0.3, -0.25) is 4.79 Å². The summed E-state index contributed by atoms with van der Waals surface area (Å²) in [6.45, 7) is 1.02. The lowest BCUT2D eigenvalue weighted by atomic mass is 10.1. The van der Waals surface area contributed by atoms with Gasteiger partial charge in [0.25, 0.3) is 0 Å². The Balaban J connectivity index is 1.64. The first-order valence-electron chi connectivity index (χ1n) is 10.7. The number of nitrogens with zero attached hydrogens (tertiary/aromatic N) is 1. The number of rotatable bonds is 9. The SMILES string of the molecule is COc1ccc(S(=O)(=O)N2CCCCCC2)cc1NC(=O)CSCC(O)c1ccccc1. The molecule has 0 aliphatic carbocycles. The molecule has 1 atom stereocenters. The third-order valence-electron chi connectivity index (χ3n) is 5.34. The summed E-state index contributed by atoms with van der Waals surface area (Å²) in [7, 11) is -2.17. The molecule has 174 valence electrons. The molecule has 0 saturated carbocycles. The number of sulfonamides is 1. The molecule has 1 heterocycles. The Morgan fingerprint density at radius 2 is 1.81 bits per heavy atom. The summed E-state index contributed by atoms with van der Waals surface area (Å²) in [6, 6.07) is 13.8. The van der Waals surface area contributed by atoms with Crippen molar-refractivity contribution in [2.24, 2.45) is 0 Å². The first-order valence-corrected chi connectivity index (χ1v) is 13.3. The smallest absolute Gasteiger partial charge is 0.243 e. The van der Waals surface area contributed by atoms with Crippen LogP contribution in [-0.4, -0.2) is 55.4 Å². The van der Waals surface area contributed by atoms with Crippen molar-refractivity contribution in [3.63, 3.8) is 0 Å². The van der Waals surface area contributed by atoms with E-state index in [2.05, 4.69) is 5.32 Å². The van der Waals surface area contributed by atoms with Crippen LogP contribution in [0.15, 0.2) is 53.4 Å². The largest absolute Gasteiger partial charge is 0.495 e. The van der Waals surface area contributed by atoms with Crippen LogP contribution in [0.25, 0.3) is 0 Å². The highest BCUT2D eigenvalue weighted by Gasteiger charge is 2.26. The van der Waals surface area contributed by atoms with E-state index in [1.165, 1.54) is 35.3 Å². The van der Waals surface area contributed by atoms with E-state index in [9.17, 15) is 18.3 Å². The molecule has 1 aliphatic heterocycles. The predicted molar refractivity (Wildman–Crippen MR) is 128 cm³/mol. The highest BCUT2D eigenvalue weighted by Crippen LogP contribution is 2.30. The van der Waals surface area contributed by atoms with Gasteiger partial charge in [-0.1, -0.05) is 43.2 Å². The van der Waals surface area contributed by atoms with Crippen molar-refractivity contribution >= 4 is 33.4 Å². The van der Waals surface area contributed by atoms with E-state index < -0.39 is 16.1 Å². The van der Waals surface area contributed by atoms with Crippen LogP contribution in [0.1, 0.15) is 37.4 Å². The summed E-state index contributed by atoms with van der Waals surface area (Å²) in [6.07, 6.45) is 3.11. The van der Waals surface area contributed by atoms with Crippen LogP contribution in [0.3, 0.4) is 0 Å². The number of amides is 1. The lowest BCUT2D eigenvalue weighted by Gasteiger charge is -2.21. The first kappa shape index (κ1) is 24.6. The zero-order valence-corrected chi connectivity index (χ0v) is 19.8. The Hall–Kier alpha value is -2.07. The molecule has 1 saturated heterocycles. The van der Waals surface area contributed by atoms with Crippen LogP contribution in [0, 0.1) is 0 Å². The molecule has 0 aromatic heterocycles. The Morgan fingerprint density at radius 3 is 2.47 bits per heavy atom. The molecule has 3 rings (SSSR count). The van der Waals surface area contributed by atoms with Gasteiger partial charge in [0.2, 0.25) is 15.9 Å². The molecule has 1 unspecified atom stereocenters. The summed E-state index contributed by atoms with van der Waals surface area (Å²) in [5.41, 5.74) is 1.12. The number of hydrogen-bond acceptors (Lipinski definition) is 6. The maximum absolute atomic E-state index is 13.1. The monoisotopic (exact) mass is 478 g/mol. The minimum atomic E-state index is -3.64. The van der Waals surface area contributed by atoms with Gasteiger partial charge in [-0.2, -0.15) is 4.31 Å². The van der Waals surface area contributed by atoms with Crippen molar-refractivity contribution in [2.75, 3.05) is 37.0 Å². The second kappa shape index (κ2) is 11.7. The molecule has 2 N–H and O–H groups in total. The van der Waals surface area contributed by atoms with Crippen LogP contribution in [0.5, 0.6) is 5.75 Å². The van der Waals surface area contributed by atoms with Crippen molar-refractivity contribution in [1.82, 2.24) is 4.31 Å². The van der Waals surface area contributed by atoms with Crippen molar-refractivity contribution in [3.8, 4) is 5.75 Å². The Morgan fingerprint density at radius 1 is 1.12 bits per heavy atom. The van der Waals surface area contributed by atoms with E-state index in [0.717, 1.165) is 31.2 Å². The average molecular weight is 479 g/mol. The number of benzene rings is 2. The third kappa shape index (κ3) is 6.48. The number of thioether (sulfide) groups is 1. The minimum absolute atomic E-state index is 0.121. The van der Waals surface area contributed by atoms with Gasteiger partial charge < -0.3 is 15.2 Å². The Bertz CT molecular complexity index is 991. The zero-order valence-electron chi connectivity index (χ0n) is 18.2. The molecule has 2 aromatic carbocycles. The number of ether oxygens (including phenoxy) is 1. The molecule has 0 bridgehead atoms. The molecule has 2 aromatic rings. The number of carbonyl (C=O) groups excluding carboxylic acids is 1. The van der Waals surface area contributed by atoms with Crippen LogP contribution in [0.4, 0.5) is 5.69 Å². The quantitative estimate of drug-likeness (QED) is 0.571. The molecular weight excluding hydrogens is 448 g/mol. The van der Waals surface area contributed by atoms with Crippen molar-refractivity contribution < 1.29 is 23.1 Å². The predicted octanol–water partition coefficient (Wildman–Crippen LogP) is 3.67. The second-order valence-electron chi connectivity index (χ2n) is 7.67. The van der Waals surface area contributed by atoms with Crippen LogP contribution in [0.2, 0.25) is 0 Å². The number of methoxy groups -OCH3 is 1. The Kier molecular flexibility index (Phi) is 8.98. The van der Waals surface area contributed by atoms with Gasteiger partial charge in [-0.15, -0.1) is 11.8 Å². The summed E-state index contributed by atoms with van der Waals surface area (Å²) in [5, 5.41) is 13.0. The number of aliphatic hydroxyl groups is 1. The van der Waals surface area contributed by atoms with E-state index >= 15 is 0 Å². The molecule has 1 fully saturated rings. The lowest BCUT2D eigenvalue weighted by Crippen LogP contribution is -2.32. The van der Waals surface area contributed by atoms with Crippen LogP contribution < -0.4 is 10.1 Å². The van der Waals surface area contributed by atoms with Gasteiger partial charge >= 0.3 is 0 Å². The van der Waals surface area contributed by atoms with Gasteiger partial charge in [0, 0.05) is 18.8 Å². The third-order valence-corrected chi connectivity index (χ3v) is 8.25. The van der Waals surface area contributed by atoms with Crippen molar-refractivity contribution in [1.29, 1.82) is 0 Å². The van der Waals surface area contributed by atoms with E-state index in [1.807, 2.05) is 30.3 Å². The topological polar surface area (TPSA) is 95.9 Å². The molecule has 1 amide bonds. The van der Waals surface area contributed by atoms with Gasteiger partial charge in [-0.05, 0) is 36.6 Å². The molecule has 0 spiro atoms. The minimum Gasteiger partial charge on any atom is -0.495 e. The summed E-state index contributed by atoms with van der Waals surface area (Å²) >= 11 is 1.30. The van der Waals surface area contributed by atoms with Gasteiger partial charge in [0.05, 0.1) is 29.5 Å². The summed E-state index contributed by atoms with van der Waals surface area (Å²) in [4.78, 5) is 12.6. The highest BCUT2D eigenvalue weighted by atomic mass is 32.2. The lowest BCUT2D eigenvalue weighted by molar-refractivity contribution is -0.113. The Labute approximate surface area is 194 Å². The van der Waals surface area contributed by atoms with E-state index in [0.29, 0.717) is 30.3 Å². The van der Waals surface area contributed by atoms with Crippen molar-refractivity contribution in [2.45, 2.75) is 36.7 Å². The molecule has 0 radical (unpaired) electrons. The average Bonchev–Trinajstić information content (AvgIpc) is 3.10. The van der Waals surface area contributed by atoms with Crippen LogP contribution >= 0.6 is 11.8 Å². The standard InChI is InChI=1S/C23H30N2O5S2/c1-30-22-12-11-19(32(28,29)25-13-7-2-3-8-14-25)15-20(22)24-23(27)17-31-16-21(26)18-9-5-4-6-10-18/h4-6,9-12,15,21,26H,2-3,7-8,13-14,16-17H2,1H3,(H,24,27). The fraction of sp³-hybridized carbons (Fsp3) is 0.435. The molecule has 7 nitrogen and oxygen atoms in total. The van der Waals surface area contributed by atoms with Crippen molar-refractivity contribution in [3.05, 3.63) is 54.1 Å². The number of anilines is 1. The molecule has 32 heavy (non-hydrogen) atoms.